The highest BCUT2D eigenvalue weighted by atomic mass is 15.2. The molecule has 0 radical (unpaired) electrons. The number of nitrogens with two attached hydrogens (primary N) is 1. The minimum atomic E-state index is 0.141. The molecule has 3 nitrogen and oxygen atoms in total. The third-order valence-corrected chi connectivity index (χ3v) is 3.97. The van der Waals surface area contributed by atoms with E-state index in [2.05, 4.69) is 29.8 Å². The van der Waals surface area contributed by atoms with Crippen molar-refractivity contribution in [2.24, 2.45) is 11.7 Å². The van der Waals surface area contributed by atoms with Crippen LogP contribution in [0.5, 0.6) is 0 Å². The smallest absolute Gasteiger partial charge is 0.0511 e. The molecule has 0 amide bonds. The van der Waals surface area contributed by atoms with Crippen LogP contribution in [0.4, 0.5) is 0 Å². The molecule has 0 saturated carbocycles. The van der Waals surface area contributed by atoms with Gasteiger partial charge in [-0.1, -0.05) is 13.0 Å². The SMILES string of the molecule is CC1CCCN(C(c2cccnc2)C(C)N)CC1. The second kappa shape index (κ2) is 6.30. The fraction of sp³-hybridized carbons (Fsp3) is 0.667. The van der Waals surface area contributed by atoms with Gasteiger partial charge in [0.25, 0.3) is 0 Å². The number of likely N-dealkylation sites (tertiary alicyclic amines) is 1. The van der Waals surface area contributed by atoms with E-state index in [1.165, 1.54) is 24.8 Å². The van der Waals surface area contributed by atoms with E-state index in [0.29, 0.717) is 6.04 Å². The van der Waals surface area contributed by atoms with Crippen molar-refractivity contribution in [1.82, 2.24) is 9.88 Å². The lowest BCUT2D eigenvalue weighted by molar-refractivity contribution is 0.181. The van der Waals surface area contributed by atoms with Crippen LogP contribution in [-0.4, -0.2) is 29.0 Å². The Hall–Kier alpha value is -0.930. The molecule has 0 aliphatic carbocycles. The second-order valence-corrected chi connectivity index (χ2v) is 5.66. The van der Waals surface area contributed by atoms with Gasteiger partial charge in [0.15, 0.2) is 0 Å². The molecule has 2 N–H and O–H groups in total. The molecule has 1 aromatic rings. The maximum Gasteiger partial charge on any atom is 0.0511 e. The van der Waals surface area contributed by atoms with Gasteiger partial charge in [0.05, 0.1) is 6.04 Å². The summed E-state index contributed by atoms with van der Waals surface area (Å²) in [5.41, 5.74) is 7.47. The molecule has 2 rings (SSSR count). The van der Waals surface area contributed by atoms with E-state index >= 15 is 0 Å². The minimum Gasteiger partial charge on any atom is -0.326 e. The van der Waals surface area contributed by atoms with Gasteiger partial charge in [-0.25, -0.2) is 0 Å². The summed E-state index contributed by atoms with van der Waals surface area (Å²) in [6.45, 7) is 6.77. The molecule has 3 atom stereocenters. The van der Waals surface area contributed by atoms with Crippen molar-refractivity contribution in [2.75, 3.05) is 13.1 Å². The standard InChI is InChI=1S/C15H25N3/c1-12-5-4-9-18(10-7-12)15(13(2)16)14-6-3-8-17-11-14/h3,6,8,11-13,15H,4-5,7,9-10,16H2,1-2H3. The molecule has 1 aliphatic rings. The van der Waals surface area contributed by atoms with Crippen molar-refractivity contribution in [3.8, 4) is 0 Å². The zero-order valence-electron chi connectivity index (χ0n) is 11.5. The maximum absolute atomic E-state index is 6.22. The average Bonchev–Trinajstić information content (AvgIpc) is 2.56. The third kappa shape index (κ3) is 3.30. The van der Waals surface area contributed by atoms with Crippen LogP contribution >= 0.6 is 0 Å². The summed E-state index contributed by atoms with van der Waals surface area (Å²) < 4.78 is 0. The quantitative estimate of drug-likeness (QED) is 0.892. The van der Waals surface area contributed by atoms with Gasteiger partial charge >= 0.3 is 0 Å². The Bertz CT molecular complexity index is 350. The lowest BCUT2D eigenvalue weighted by atomic mass is 10.0. The Kier molecular flexibility index (Phi) is 4.72. The Morgan fingerprint density at radius 1 is 1.39 bits per heavy atom. The summed E-state index contributed by atoms with van der Waals surface area (Å²) >= 11 is 0. The number of hydrogen-bond acceptors (Lipinski definition) is 3. The van der Waals surface area contributed by atoms with Gasteiger partial charge in [-0.05, 0) is 56.8 Å². The molecule has 1 aliphatic heterocycles. The summed E-state index contributed by atoms with van der Waals surface area (Å²) in [6.07, 6.45) is 7.69. The summed E-state index contributed by atoms with van der Waals surface area (Å²) in [5, 5.41) is 0. The lowest BCUT2D eigenvalue weighted by Crippen LogP contribution is -2.40. The van der Waals surface area contributed by atoms with Gasteiger partial charge in [0, 0.05) is 18.4 Å². The van der Waals surface area contributed by atoms with Gasteiger partial charge in [0.2, 0.25) is 0 Å². The first-order chi connectivity index (χ1) is 8.68. The first-order valence-corrected chi connectivity index (χ1v) is 7.08. The molecule has 0 aromatic carbocycles. The van der Waals surface area contributed by atoms with Gasteiger partial charge < -0.3 is 5.73 Å². The molecule has 0 bridgehead atoms. The van der Waals surface area contributed by atoms with Crippen molar-refractivity contribution in [3.05, 3.63) is 30.1 Å². The Labute approximate surface area is 110 Å². The molecule has 1 saturated heterocycles. The number of rotatable bonds is 3. The molecule has 100 valence electrons. The van der Waals surface area contributed by atoms with E-state index < -0.39 is 0 Å². The van der Waals surface area contributed by atoms with Gasteiger partial charge in [0.1, 0.15) is 0 Å². The normalized spacial score (nSPS) is 25.4. The van der Waals surface area contributed by atoms with Gasteiger partial charge in [-0.2, -0.15) is 0 Å². The minimum absolute atomic E-state index is 0.141. The first-order valence-electron chi connectivity index (χ1n) is 7.08. The summed E-state index contributed by atoms with van der Waals surface area (Å²) in [7, 11) is 0. The topological polar surface area (TPSA) is 42.2 Å². The van der Waals surface area contributed by atoms with E-state index in [1.807, 2.05) is 18.5 Å². The van der Waals surface area contributed by atoms with Crippen LogP contribution in [0.25, 0.3) is 0 Å². The highest BCUT2D eigenvalue weighted by molar-refractivity contribution is 5.16. The Morgan fingerprint density at radius 3 is 2.89 bits per heavy atom. The zero-order valence-corrected chi connectivity index (χ0v) is 11.5. The number of hydrogen-bond donors (Lipinski definition) is 1. The van der Waals surface area contributed by atoms with E-state index in [-0.39, 0.29) is 6.04 Å². The van der Waals surface area contributed by atoms with Crippen molar-refractivity contribution >= 4 is 0 Å². The average molecular weight is 247 g/mol. The summed E-state index contributed by atoms with van der Waals surface area (Å²) in [5.74, 6) is 0.845. The van der Waals surface area contributed by atoms with Crippen LogP contribution in [0.1, 0.15) is 44.7 Å². The van der Waals surface area contributed by atoms with E-state index in [9.17, 15) is 0 Å². The zero-order chi connectivity index (χ0) is 13.0. The highest BCUT2D eigenvalue weighted by Crippen LogP contribution is 2.27. The third-order valence-electron chi connectivity index (χ3n) is 3.97. The molecule has 3 heteroatoms. The fourth-order valence-corrected chi connectivity index (χ4v) is 2.96. The highest BCUT2D eigenvalue weighted by Gasteiger charge is 2.25. The molecule has 2 heterocycles. The number of pyridine rings is 1. The number of nitrogens with zero attached hydrogens (tertiary/aromatic N) is 2. The molecular weight excluding hydrogens is 222 g/mol. The molecule has 1 fully saturated rings. The number of aromatic nitrogens is 1. The van der Waals surface area contributed by atoms with Crippen LogP contribution in [0.15, 0.2) is 24.5 Å². The van der Waals surface area contributed by atoms with Crippen molar-refractivity contribution < 1.29 is 0 Å². The molecule has 18 heavy (non-hydrogen) atoms. The summed E-state index contributed by atoms with van der Waals surface area (Å²) in [4.78, 5) is 6.79. The largest absolute Gasteiger partial charge is 0.326 e. The van der Waals surface area contributed by atoms with Gasteiger partial charge in [-0.3, -0.25) is 9.88 Å². The molecular formula is C15H25N3. The second-order valence-electron chi connectivity index (χ2n) is 5.66. The van der Waals surface area contributed by atoms with E-state index in [4.69, 9.17) is 5.73 Å². The monoisotopic (exact) mass is 247 g/mol. The molecule has 3 unspecified atom stereocenters. The van der Waals surface area contributed by atoms with Crippen molar-refractivity contribution in [2.45, 2.75) is 45.2 Å². The fourth-order valence-electron chi connectivity index (χ4n) is 2.96. The van der Waals surface area contributed by atoms with E-state index in [1.54, 1.807) is 0 Å². The van der Waals surface area contributed by atoms with E-state index in [0.717, 1.165) is 19.0 Å². The van der Waals surface area contributed by atoms with Gasteiger partial charge in [-0.15, -0.1) is 0 Å². The predicted molar refractivity (Wildman–Crippen MR) is 75.2 cm³/mol. The first kappa shape index (κ1) is 13.5. The Morgan fingerprint density at radius 2 is 2.22 bits per heavy atom. The van der Waals surface area contributed by atoms with Crippen molar-refractivity contribution in [3.63, 3.8) is 0 Å². The van der Waals surface area contributed by atoms with Crippen molar-refractivity contribution in [1.29, 1.82) is 0 Å². The van der Waals surface area contributed by atoms with Crippen LogP contribution in [0.3, 0.4) is 0 Å². The molecule has 1 aromatic heterocycles. The van der Waals surface area contributed by atoms with Crippen LogP contribution in [0, 0.1) is 5.92 Å². The summed E-state index contributed by atoms with van der Waals surface area (Å²) in [6, 6.07) is 4.60. The van der Waals surface area contributed by atoms with Crippen LogP contribution in [-0.2, 0) is 0 Å². The Balaban J connectivity index is 2.15. The predicted octanol–water partition coefficient (Wildman–Crippen LogP) is 2.59. The maximum atomic E-state index is 6.22. The van der Waals surface area contributed by atoms with Crippen LogP contribution in [0.2, 0.25) is 0 Å². The lowest BCUT2D eigenvalue weighted by Gasteiger charge is -2.33. The van der Waals surface area contributed by atoms with Crippen LogP contribution < -0.4 is 5.73 Å². The molecule has 0 spiro atoms.